The van der Waals surface area contributed by atoms with Crippen LogP contribution in [0.5, 0.6) is 0 Å². The Bertz CT molecular complexity index is 1490. The molecule has 4 rings (SSSR count). The second-order valence-corrected chi connectivity index (χ2v) is 13.0. The quantitative estimate of drug-likeness (QED) is 0.376. The summed E-state index contributed by atoms with van der Waals surface area (Å²) >= 11 is 0. The zero-order valence-electron chi connectivity index (χ0n) is 20.0. The van der Waals surface area contributed by atoms with E-state index >= 15 is 0 Å². The standard InChI is InChI=1S/C21H21F3N2O9S2/c1-18-13-14(19(2,34-18)20(3,35-37(5,31)32)17(18)33-36(4,29)30)16(28)26(15(13)27)11-7-6-10(9-25)12(8-11)21(22,23)24/h6-8,13-14,17H,1-5H3/t13-,14+,17+,18?,19?,20-/m0/s1. The van der Waals surface area contributed by atoms with E-state index in [0.717, 1.165) is 19.1 Å². The number of hydrogen-bond acceptors (Lipinski definition) is 10. The summed E-state index contributed by atoms with van der Waals surface area (Å²) in [6.45, 7) is 3.66. The molecule has 37 heavy (non-hydrogen) atoms. The summed E-state index contributed by atoms with van der Waals surface area (Å²) in [6, 6.07) is 3.70. The van der Waals surface area contributed by atoms with Gasteiger partial charge in [-0.3, -0.25) is 18.0 Å². The third-order valence-electron chi connectivity index (χ3n) is 7.24. The molecule has 0 N–H and O–H groups in total. The summed E-state index contributed by atoms with van der Waals surface area (Å²) in [7, 11) is -8.61. The molecule has 0 aromatic heterocycles. The van der Waals surface area contributed by atoms with Gasteiger partial charge in [0.1, 0.15) is 22.9 Å². The van der Waals surface area contributed by atoms with Gasteiger partial charge in [-0.1, -0.05) is 0 Å². The summed E-state index contributed by atoms with van der Waals surface area (Å²) in [5.74, 6) is -4.96. The number of carbonyl (C=O) groups is 2. The van der Waals surface area contributed by atoms with Crippen LogP contribution >= 0.6 is 0 Å². The Morgan fingerprint density at radius 3 is 2.08 bits per heavy atom. The fourth-order valence-corrected chi connectivity index (χ4v) is 7.49. The van der Waals surface area contributed by atoms with Crippen molar-refractivity contribution in [3.63, 3.8) is 0 Å². The SMILES string of the molecule is CC12OC(C)([C@H]3C(=O)N(c4ccc(C#N)c(C(F)(F)F)c4)C(=O)[C@H]31)[C@@](C)(OS(C)(=O)=O)[C@@H]2OS(C)(=O)=O. The van der Waals surface area contributed by atoms with Crippen LogP contribution in [-0.4, -0.2) is 64.1 Å². The van der Waals surface area contributed by atoms with E-state index in [2.05, 4.69) is 0 Å². The molecule has 0 saturated carbocycles. The van der Waals surface area contributed by atoms with Crippen LogP contribution in [-0.2, 0) is 49.1 Å². The van der Waals surface area contributed by atoms with Gasteiger partial charge < -0.3 is 4.74 Å². The zero-order chi connectivity index (χ0) is 28.1. The molecule has 3 saturated heterocycles. The highest BCUT2D eigenvalue weighted by Gasteiger charge is 2.85. The molecule has 11 nitrogen and oxygen atoms in total. The summed E-state index contributed by atoms with van der Waals surface area (Å²) in [4.78, 5) is 27.7. The van der Waals surface area contributed by atoms with Gasteiger partial charge in [0, 0.05) is 0 Å². The van der Waals surface area contributed by atoms with Crippen molar-refractivity contribution < 1.29 is 52.7 Å². The normalized spacial score (nSPS) is 35.6. The van der Waals surface area contributed by atoms with E-state index in [4.69, 9.17) is 18.4 Å². The molecule has 6 atom stereocenters. The number of nitriles is 1. The molecule has 3 heterocycles. The van der Waals surface area contributed by atoms with Gasteiger partial charge in [0.15, 0.2) is 0 Å². The van der Waals surface area contributed by atoms with Crippen molar-refractivity contribution in [1.29, 1.82) is 5.26 Å². The number of ether oxygens (including phenoxy) is 1. The molecule has 2 unspecified atom stereocenters. The van der Waals surface area contributed by atoms with E-state index in [0.29, 0.717) is 23.5 Å². The number of hydrogen-bond donors (Lipinski definition) is 0. The van der Waals surface area contributed by atoms with Crippen LogP contribution < -0.4 is 4.90 Å². The van der Waals surface area contributed by atoms with Crippen molar-refractivity contribution in [3.05, 3.63) is 29.3 Å². The van der Waals surface area contributed by atoms with Crippen LogP contribution in [0.2, 0.25) is 0 Å². The van der Waals surface area contributed by atoms with Crippen molar-refractivity contribution >= 4 is 37.7 Å². The van der Waals surface area contributed by atoms with Crippen LogP contribution in [0.1, 0.15) is 31.9 Å². The van der Waals surface area contributed by atoms with Crippen molar-refractivity contribution in [2.24, 2.45) is 11.8 Å². The van der Waals surface area contributed by atoms with Gasteiger partial charge in [-0.15, -0.1) is 0 Å². The lowest BCUT2D eigenvalue weighted by Gasteiger charge is -2.46. The van der Waals surface area contributed by atoms with Crippen LogP contribution in [0.15, 0.2) is 18.2 Å². The number of carbonyl (C=O) groups excluding carboxylic acids is 2. The number of rotatable bonds is 5. The van der Waals surface area contributed by atoms with Crippen LogP contribution in [0.25, 0.3) is 0 Å². The van der Waals surface area contributed by atoms with Crippen LogP contribution in [0.4, 0.5) is 18.9 Å². The van der Waals surface area contributed by atoms with Crippen molar-refractivity contribution in [2.45, 2.75) is 49.9 Å². The number of alkyl halides is 3. The van der Waals surface area contributed by atoms with Crippen LogP contribution in [0, 0.1) is 23.2 Å². The molecule has 3 aliphatic rings. The number of imide groups is 1. The number of halogens is 3. The van der Waals surface area contributed by atoms with Gasteiger partial charge in [-0.05, 0) is 39.0 Å². The van der Waals surface area contributed by atoms with Gasteiger partial charge in [-0.25, -0.2) is 4.90 Å². The van der Waals surface area contributed by atoms with Gasteiger partial charge in [0.05, 0.1) is 47.2 Å². The monoisotopic (exact) mass is 566 g/mol. The number of amides is 2. The second-order valence-electron chi connectivity index (χ2n) is 9.77. The fraction of sp³-hybridized carbons (Fsp3) is 0.571. The first-order chi connectivity index (χ1) is 16.6. The third kappa shape index (κ3) is 3.86. The minimum absolute atomic E-state index is 0.478. The maximum atomic E-state index is 13.6. The smallest absolute Gasteiger partial charge is 0.361 e. The largest absolute Gasteiger partial charge is 0.417 e. The Balaban J connectivity index is 1.90. The summed E-state index contributed by atoms with van der Waals surface area (Å²) in [5, 5.41) is 9.05. The molecule has 3 aliphatic heterocycles. The minimum Gasteiger partial charge on any atom is -0.361 e. The lowest BCUT2D eigenvalue weighted by molar-refractivity contribution is -0.142. The molecule has 16 heteroatoms. The third-order valence-corrected chi connectivity index (χ3v) is 8.43. The van der Waals surface area contributed by atoms with Crippen molar-refractivity contribution in [2.75, 3.05) is 17.4 Å². The van der Waals surface area contributed by atoms with Gasteiger partial charge in [0.2, 0.25) is 11.8 Å². The van der Waals surface area contributed by atoms with E-state index in [9.17, 15) is 39.6 Å². The summed E-state index contributed by atoms with van der Waals surface area (Å²) < 4.78 is 106. The second kappa shape index (κ2) is 7.73. The Morgan fingerprint density at radius 2 is 1.59 bits per heavy atom. The topological polar surface area (TPSA) is 157 Å². The van der Waals surface area contributed by atoms with E-state index < -0.39 is 89.8 Å². The molecule has 202 valence electrons. The minimum atomic E-state index is -4.97. The predicted octanol–water partition coefficient (Wildman–Crippen LogP) is 1.32. The number of benzene rings is 1. The highest BCUT2D eigenvalue weighted by molar-refractivity contribution is 7.86. The molecule has 3 fully saturated rings. The van der Waals surface area contributed by atoms with Crippen molar-refractivity contribution in [1.82, 2.24) is 0 Å². The van der Waals surface area contributed by atoms with E-state index in [1.165, 1.54) is 19.9 Å². The molecule has 2 amide bonds. The Morgan fingerprint density at radius 1 is 1.03 bits per heavy atom. The number of anilines is 1. The predicted molar refractivity (Wildman–Crippen MR) is 118 cm³/mol. The molecular formula is C21H21F3N2O9S2. The summed E-state index contributed by atoms with van der Waals surface area (Å²) in [5.41, 5.74) is -8.63. The lowest BCUT2D eigenvalue weighted by atomic mass is 9.60. The van der Waals surface area contributed by atoms with Gasteiger partial charge >= 0.3 is 6.18 Å². The highest BCUT2D eigenvalue weighted by Crippen LogP contribution is 2.67. The number of nitrogens with zero attached hydrogens (tertiary/aromatic N) is 2. The van der Waals surface area contributed by atoms with E-state index in [1.807, 2.05) is 0 Å². The van der Waals surface area contributed by atoms with Crippen molar-refractivity contribution in [3.8, 4) is 6.07 Å². The molecule has 0 radical (unpaired) electrons. The highest BCUT2D eigenvalue weighted by atomic mass is 32.2. The first-order valence-corrected chi connectivity index (χ1v) is 14.2. The molecule has 1 aromatic carbocycles. The fourth-order valence-electron chi connectivity index (χ4n) is 5.88. The molecule has 1 aromatic rings. The van der Waals surface area contributed by atoms with E-state index in [1.54, 1.807) is 0 Å². The first-order valence-electron chi connectivity index (χ1n) is 10.6. The van der Waals surface area contributed by atoms with Crippen LogP contribution in [0.3, 0.4) is 0 Å². The molecular weight excluding hydrogens is 545 g/mol. The molecule has 0 aliphatic carbocycles. The van der Waals surface area contributed by atoms with Gasteiger partial charge in [-0.2, -0.15) is 35.3 Å². The zero-order valence-corrected chi connectivity index (χ0v) is 21.6. The number of fused-ring (bicyclic) bond motifs is 5. The first kappa shape index (κ1) is 27.5. The van der Waals surface area contributed by atoms with E-state index in [-0.39, 0.29) is 0 Å². The lowest BCUT2D eigenvalue weighted by Crippen LogP contribution is -2.67. The Labute approximate surface area is 210 Å². The van der Waals surface area contributed by atoms with Gasteiger partial charge in [0.25, 0.3) is 20.2 Å². The average molecular weight is 567 g/mol. The molecule has 0 spiro atoms. The maximum absolute atomic E-state index is 13.6. The Kier molecular flexibility index (Phi) is 5.73. The summed E-state index contributed by atoms with van der Waals surface area (Å²) in [6.07, 6.45) is -5.33. The Hall–Kier alpha value is -2.58. The average Bonchev–Trinajstić information content (AvgIpc) is 3.19. The maximum Gasteiger partial charge on any atom is 0.417 e. The molecule has 2 bridgehead atoms.